The highest BCUT2D eigenvalue weighted by Gasteiger charge is 2.55. The minimum Gasteiger partial charge on any atom is -0.257 e. The fourth-order valence-electron chi connectivity index (χ4n) is 4.37. The molecule has 26 heavy (non-hydrogen) atoms. The molecule has 2 aliphatic heterocycles. The summed E-state index contributed by atoms with van der Waals surface area (Å²) in [5.74, 6) is 0. The maximum atomic E-state index is 13.3. The first-order valence-electron chi connectivity index (χ1n) is 8.77. The van der Waals surface area contributed by atoms with E-state index in [1.807, 2.05) is 44.2 Å². The molecule has 0 radical (unpaired) electrons. The van der Waals surface area contributed by atoms with E-state index in [0.717, 1.165) is 22.5 Å². The lowest BCUT2D eigenvalue weighted by Crippen LogP contribution is -2.46. The Bertz CT molecular complexity index is 1010. The zero-order valence-electron chi connectivity index (χ0n) is 15.0. The highest BCUT2D eigenvalue weighted by Crippen LogP contribution is 2.51. The first-order valence-corrected chi connectivity index (χ1v) is 10.2. The molecule has 2 aliphatic rings. The summed E-state index contributed by atoms with van der Waals surface area (Å²) in [6.07, 6.45) is 2.47. The van der Waals surface area contributed by atoms with Crippen LogP contribution in [0.3, 0.4) is 0 Å². The summed E-state index contributed by atoms with van der Waals surface area (Å²) in [7, 11) is -3.60. The molecular weight excluding hydrogens is 344 g/mol. The first kappa shape index (κ1) is 17.2. The van der Waals surface area contributed by atoms with E-state index in [0.29, 0.717) is 17.9 Å². The van der Waals surface area contributed by atoms with Crippen molar-refractivity contribution in [1.82, 2.24) is 4.31 Å². The fraction of sp³-hybridized carbons (Fsp3) is 0.286. The van der Waals surface area contributed by atoms with Gasteiger partial charge in [-0.05, 0) is 44.0 Å². The molecule has 1 fully saturated rings. The molecule has 0 N–H and O–H groups in total. The third-order valence-corrected chi connectivity index (χ3v) is 7.61. The Balaban J connectivity index is 1.82. The monoisotopic (exact) mass is 366 g/mol. The van der Waals surface area contributed by atoms with E-state index < -0.39 is 15.4 Å². The van der Waals surface area contributed by atoms with Gasteiger partial charge in [0.05, 0.1) is 22.0 Å². The summed E-state index contributed by atoms with van der Waals surface area (Å²) in [6.45, 7) is 8.38. The van der Waals surface area contributed by atoms with Crippen LogP contribution in [0.25, 0.3) is 0 Å². The van der Waals surface area contributed by atoms with Crippen LogP contribution in [-0.2, 0) is 15.4 Å². The molecule has 2 atom stereocenters. The largest absolute Gasteiger partial charge is 0.257 e. The van der Waals surface area contributed by atoms with E-state index in [4.69, 9.17) is 4.99 Å². The minimum absolute atomic E-state index is 0.327. The highest BCUT2D eigenvalue weighted by atomic mass is 32.2. The molecule has 1 spiro atoms. The van der Waals surface area contributed by atoms with Crippen LogP contribution < -0.4 is 0 Å². The van der Waals surface area contributed by atoms with E-state index in [1.54, 1.807) is 22.5 Å². The highest BCUT2D eigenvalue weighted by molar-refractivity contribution is 7.89. The Morgan fingerprint density at radius 2 is 1.85 bits per heavy atom. The van der Waals surface area contributed by atoms with Gasteiger partial charge >= 0.3 is 0 Å². The van der Waals surface area contributed by atoms with Crippen molar-refractivity contribution in [1.29, 1.82) is 0 Å². The predicted molar refractivity (Wildman–Crippen MR) is 105 cm³/mol. The first-order chi connectivity index (χ1) is 12.4. The molecule has 0 saturated carbocycles. The quantitative estimate of drug-likeness (QED) is 0.771. The smallest absolute Gasteiger partial charge is 0.243 e. The zero-order valence-corrected chi connectivity index (χ0v) is 15.8. The number of nitrogens with zero attached hydrogens (tertiary/aromatic N) is 2. The lowest BCUT2D eigenvalue weighted by atomic mass is 9.72. The van der Waals surface area contributed by atoms with Gasteiger partial charge in [-0.2, -0.15) is 4.31 Å². The predicted octanol–water partition coefficient (Wildman–Crippen LogP) is 3.99. The third-order valence-electron chi connectivity index (χ3n) is 5.71. The number of rotatable bonds is 3. The molecule has 4 nitrogen and oxygen atoms in total. The van der Waals surface area contributed by atoms with Crippen LogP contribution in [0.5, 0.6) is 0 Å². The van der Waals surface area contributed by atoms with Gasteiger partial charge in [0.1, 0.15) is 0 Å². The molecule has 134 valence electrons. The second-order valence-corrected chi connectivity index (χ2v) is 8.94. The SMILES string of the molecule is C=C[C@H]1N(S(=O)(=O)c2ccc(C)cc2)CC[C@]12C(C)=Nc1ccccc12. The molecular formula is C21H22N2O2S. The van der Waals surface area contributed by atoms with Crippen LogP contribution in [0, 0.1) is 6.92 Å². The van der Waals surface area contributed by atoms with Gasteiger partial charge in [0.2, 0.25) is 10.0 Å². The van der Waals surface area contributed by atoms with Crippen molar-refractivity contribution < 1.29 is 8.42 Å². The van der Waals surface area contributed by atoms with Crippen molar-refractivity contribution in [3.63, 3.8) is 0 Å². The Morgan fingerprint density at radius 1 is 1.15 bits per heavy atom. The fourth-order valence-corrected chi connectivity index (χ4v) is 6.01. The van der Waals surface area contributed by atoms with Crippen molar-refractivity contribution in [2.24, 2.45) is 4.99 Å². The van der Waals surface area contributed by atoms with Crippen LogP contribution in [0.15, 0.2) is 71.1 Å². The minimum atomic E-state index is -3.60. The van der Waals surface area contributed by atoms with Crippen molar-refractivity contribution in [3.8, 4) is 0 Å². The Labute approximate surface area is 154 Å². The Hall–Kier alpha value is -2.24. The zero-order chi connectivity index (χ0) is 18.5. The summed E-state index contributed by atoms with van der Waals surface area (Å²) in [5, 5.41) is 0. The van der Waals surface area contributed by atoms with Gasteiger partial charge in [-0.25, -0.2) is 8.42 Å². The van der Waals surface area contributed by atoms with Gasteiger partial charge in [-0.15, -0.1) is 6.58 Å². The third kappa shape index (κ3) is 2.24. The van der Waals surface area contributed by atoms with E-state index in [2.05, 4.69) is 12.6 Å². The van der Waals surface area contributed by atoms with Crippen molar-refractivity contribution in [3.05, 3.63) is 72.3 Å². The van der Waals surface area contributed by atoms with E-state index in [9.17, 15) is 8.42 Å². The maximum absolute atomic E-state index is 13.3. The average Bonchev–Trinajstić information content (AvgIpc) is 3.16. The number of aliphatic imine (C=N–C) groups is 1. The summed E-state index contributed by atoms with van der Waals surface area (Å²) < 4.78 is 28.2. The Kier molecular flexibility index (Phi) is 3.90. The summed E-state index contributed by atoms with van der Waals surface area (Å²) >= 11 is 0. The normalized spacial score (nSPS) is 25.3. The molecule has 2 aromatic rings. The topological polar surface area (TPSA) is 49.7 Å². The van der Waals surface area contributed by atoms with Crippen molar-refractivity contribution in [2.45, 2.75) is 36.6 Å². The van der Waals surface area contributed by atoms with Crippen LogP contribution in [0.2, 0.25) is 0 Å². The molecule has 0 bridgehead atoms. The van der Waals surface area contributed by atoms with Gasteiger partial charge < -0.3 is 0 Å². The second kappa shape index (κ2) is 5.89. The summed E-state index contributed by atoms with van der Waals surface area (Å²) in [6, 6.07) is 14.7. The number of hydrogen-bond acceptors (Lipinski definition) is 3. The van der Waals surface area contributed by atoms with E-state index in [-0.39, 0.29) is 6.04 Å². The van der Waals surface area contributed by atoms with Crippen molar-refractivity contribution in [2.75, 3.05) is 6.54 Å². The molecule has 0 aliphatic carbocycles. The number of benzene rings is 2. The van der Waals surface area contributed by atoms with Crippen molar-refractivity contribution >= 4 is 21.4 Å². The molecule has 0 amide bonds. The molecule has 0 unspecified atom stereocenters. The number of sulfonamides is 1. The molecule has 5 heteroatoms. The molecule has 1 saturated heterocycles. The number of fused-ring (bicyclic) bond motifs is 2. The van der Waals surface area contributed by atoms with Crippen LogP contribution >= 0.6 is 0 Å². The van der Waals surface area contributed by atoms with Gasteiger partial charge in [0.15, 0.2) is 0 Å². The molecule has 2 aromatic carbocycles. The van der Waals surface area contributed by atoms with Gasteiger partial charge in [0, 0.05) is 12.3 Å². The molecule has 4 rings (SSSR count). The standard InChI is InChI=1S/C21H22N2O2S/c1-4-20-21(16(3)22-19-8-6-5-7-18(19)21)13-14-23(20)26(24,25)17-11-9-15(2)10-12-17/h4-12,20H,1,13-14H2,2-3H3/t20-,21-/m1/s1. The number of aryl methyl sites for hydroxylation is 1. The number of para-hydroxylation sites is 1. The van der Waals surface area contributed by atoms with Crippen LogP contribution in [0.4, 0.5) is 5.69 Å². The van der Waals surface area contributed by atoms with Gasteiger partial charge in [-0.3, -0.25) is 4.99 Å². The molecule has 2 heterocycles. The molecule has 0 aromatic heterocycles. The summed E-state index contributed by atoms with van der Waals surface area (Å²) in [4.78, 5) is 5.06. The lowest BCUT2D eigenvalue weighted by Gasteiger charge is -2.34. The summed E-state index contributed by atoms with van der Waals surface area (Å²) in [5.41, 5.74) is 3.62. The van der Waals surface area contributed by atoms with E-state index in [1.165, 1.54) is 0 Å². The second-order valence-electron chi connectivity index (χ2n) is 7.05. The van der Waals surface area contributed by atoms with E-state index >= 15 is 0 Å². The van der Waals surface area contributed by atoms with Gasteiger partial charge in [0.25, 0.3) is 0 Å². The maximum Gasteiger partial charge on any atom is 0.243 e. The van der Waals surface area contributed by atoms with Gasteiger partial charge in [-0.1, -0.05) is 42.0 Å². The number of hydrogen-bond donors (Lipinski definition) is 0. The Morgan fingerprint density at radius 3 is 2.54 bits per heavy atom. The van der Waals surface area contributed by atoms with Crippen LogP contribution in [0.1, 0.15) is 24.5 Å². The average molecular weight is 366 g/mol. The lowest BCUT2D eigenvalue weighted by molar-refractivity contribution is 0.402. The van der Waals surface area contributed by atoms with Crippen LogP contribution in [-0.4, -0.2) is 31.0 Å².